The number of hydrogen-bond acceptors (Lipinski definition) is 9. The third-order valence-corrected chi connectivity index (χ3v) is 8.90. The SMILES string of the molecule is CCCCCCCCOc1ccc(-c2ccc(C(=O)Oc3ccc(C(=O)Oc4ccc(C(=O)OC(C)C(=O)OCCCCCC)cc4)cc3)cc2)cc1Cl. The van der Waals surface area contributed by atoms with Crippen LogP contribution in [0, 0.1) is 0 Å². The van der Waals surface area contributed by atoms with E-state index in [9.17, 15) is 19.2 Å². The predicted molar refractivity (Wildman–Crippen MR) is 209 cm³/mol. The molecule has 0 saturated heterocycles. The summed E-state index contributed by atoms with van der Waals surface area (Å²) >= 11 is 6.51. The molecule has 0 bridgehead atoms. The van der Waals surface area contributed by atoms with Gasteiger partial charge in [-0.3, -0.25) is 0 Å². The first-order valence-corrected chi connectivity index (χ1v) is 19.1. The van der Waals surface area contributed by atoms with Crippen LogP contribution in [-0.2, 0) is 14.3 Å². The average Bonchev–Trinajstić information content (AvgIpc) is 3.18. The molecule has 1 atom stereocenters. The van der Waals surface area contributed by atoms with Crippen molar-refractivity contribution in [3.63, 3.8) is 0 Å². The molecule has 0 saturated carbocycles. The molecule has 4 aromatic carbocycles. The van der Waals surface area contributed by atoms with Gasteiger partial charge in [0, 0.05) is 0 Å². The van der Waals surface area contributed by atoms with E-state index in [1.165, 1.54) is 81.1 Å². The largest absolute Gasteiger partial charge is 0.492 e. The maximum absolute atomic E-state index is 12.9. The Morgan fingerprint density at radius 3 is 1.57 bits per heavy atom. The van der Waals surface area contributed by atoms with Crippen LogP contribution in [0.15, 0.2) is 91.0 Å². The smallest absolute Gasteiger partial charge is 0.347 e. The fraction of sp³-hybridized carbons (Fsp3) is 0.364. The van der Waals surface area contributed by atoms with Crippen LogP contribution in [0.5, 0.6) is 17.2 Å². The number of carbonyl (C=O) groups is 4. The Morgan fingerprint density at radius 2 is 1.02 bits per heavy atom. The monoisotopic (exact) mass is 756 g/mol. The van der Waals surface area contributed by atoms with Crippen LogP contribution in [0.3, 0.4) is 0 Å². The third kappa shape index (κ3) is 13.4. The maximum Gasteiger partial charge on any atom is 0.347 e. The molecule has 4 aromatic rings. The zero-order valence-electron chi connectivity index (χ0n) is 31.3. The Morgan fingerprint density at radius 1 is 0.556 bits per heavy atom. The van der Waals surface area contributed by atoms with Gasteiger partial charge in [-0.1, -0.05) is 95.0 Å². The number of halogens is 1. The summed E-state index contributed by atoms with van der Waals surface area (Å²) in [6.45, 7) is 6.67. The molecule has 286 valence electrons. The number of benzene rings is 4. The third-order valence-electron chi connectivity index (χ3n) is 8.60. The van der Waals surface area contributed by atoms with Crippen molar-refractivity contribution >= 4 is 35.5 Å². The first kappa shape index (κ1) is 41.6. The summed E-state index contributed by atoms with van der Waals surface area (Å²) in [6.07, 6.45) is 9.95. The molecule has 0 spiro atoms. The summed E-state index contributed by atoms with van der Waals surface area (Å²) < 4.78 is 27.2. The highest BCUT2D eigenvalue weighted by Gasteiger charge is 2.21. The standard InChI is InChI=1S/C44H49ClO9/c1-4-6-8-10-11-13-28-50-40-27-22-36(30-39(40)45)32-14-16-33(17-15-32)43(48)53-38-25-20-35(21-26-38)44(49)54-37-23-18-34(19-24-37)42(47)52-31(3)41(46)51-29-12-9-7-5-2/h14-27,30-31H,4-13,28-29H2,1-3H3. The van der Waals surface area contributed by atoms with Crippen molar-refractivity contribution in [2.75, 3.05) is 13.2 Å². The molecule has 4 rings (SSSR count). The molecular formula is C44H49ClO9. The molecule has 54 heavy (non-hydrogen) atoms. The Hall–Kier alpha value is -5.15. The van der Waals surface area contributed by atoms with Gasteiger partial charge in [-0.25, -0.2) is 19.2 Å². The van der Waals surface area contributed by atoms with Crippen LogP contribution in [0.25, 0.3) is 11.1 Å². The highest BCUT2D eigenvalue weighted by Crippen LogP contribution is 2.31. The normalized spacial score (nSPS) is 11.3. The summed E-state index contributed by atoms with van der Waals surface area (Å²) in [5, 5.41) is 0.531. The van der Waals surface area contributed by atoms with E-state index in [0.717, 1.165) is 49.7 Å². The second-order valence-corrected chi connectivity index (χ2v) is 13.3. The summed E-state index contributed by atoms with van der Waals surface area (Å²) in [6, 6.07) is 24.4. The molecule has 1 unspecified atom stereocenters. The van der Waals surface area contributed by atoms with Crippen molar-refractivity contribution in [1.82, 2.24) is 0 Å². The first-order valence-electron chi connectivity index (χ1n) is 18.7. The lowest BCUT2D eigenvalue weighted by molar-refractivity contribution is -0.153. The van der Waals surface area contributed by atoms with Crippen molar-refractivity contribution in [2.24, 2.45) is 0 Å². The van der Waals surface area contributed by atoms with Crippen molar-refractivity contribution in [3.05, 3.63) is 113 Å². The molecule has 0 radical (unpaired) electrons. The van der Waals surface area contributed by atoms with E-state index in [0.29, 0.717) is 22.9 Å². The topological polar surface area (TPSA) is 114 Å². The van der Waals surface area contributed by atoms with E-state index < -0.39 is 30.0 Å². The van der Waals surface area contributed by atoms with Crippen molar-refractivity contribution in [3.8, 4) is 28.4 Å². The van der Waals surface area contributed by atoms with E-state index in [4.69, 9.17) is 35.3 Å². The van der Waals surface area contributed by atoms with E-state index in [1.807, 2.05) is 30.3 Å². The molecule has 9 nitrogen and oxygen atoms in total. The van der Waals surface area contributed by atoms with Crippen molar-refractivity contribution in [1.29, 1.82) is 0 Å². The van der Waals surface area contributed by atoms with Gasteiger partial charge in [0.05, 0.1) is 34.9 Å². The molecule has 0 fully saturated rings. The van der Waals surface area contributed by atoms with E-state index in [1.54, 1.807) is 12.1 Å². The average molecular weight is 757 g/mol. The molecule has 0 aromatic heterocycles. The second kappa shape index (κ2) is 22.2. The minimum atomic E-state index is -1.06. The number of ether oxygens (including phenoxy) is 5. The molecule has 0 aliphatic rings. The van der Waals surface area contributed by atoms with Crippen LogP contribution in [0.4, 0.5) is 0 Å². The van der Waals surface area contributed by atoms with Gasteiger partial charge in [0.1, 0.15) is 17.2 Å². The van der Waals surface area contributed by atoms with Gasteiger partial charge in [-0.15, -0.1) is 0 Å². The number of carbonyl (C=O) groups excluding carboxylic acids is 4. The van der Waals surface area contributed by atoms with Gasteiger partial charge in [-0.2, -0.15) is 0 Å². The maximum atomic E-state index is 12.9. The van der Waals surface area contributed by atoms with Crippen LogP contribution in [-0.4, -0.2) is 43.2 Å². The van der Waals surface area contributed by atoms with Gasteiger partial charge in [0.2, 0.25) is 0 Å². The Labute approximate surface area is 322 Å². The Balaban J connectivity index is 1.22. The molecule has 10 heteroatoms. The zero-order valence-corrected chi connectivity index (χ0v) is 32.0. The van der Waals surface area contributed by atoms with Gasteiger partial charge >= 0.3 is 23.9 Å². The van der Waals surface area contributed by atoms with Gasteiger partial charge < -0.3 is 23.7 Å². The van der Waals surface area contributed by atoms with Gasteiger partial charge in [-0.05, 0) is 104 Å². The minimum Gasteiger partial charge on any atom is -0.492 e. The predicted octanol–water partition coefficient (Wildman–Crippen LogP) is 10.9. The summed E-state index contributed by atoms with van der Waals surface area (Å²) in [5.74, 6) is -1.40. The Bertz CT molecular complexity index is 1800. The van der Waals surface area contributed by atoms with Crippen LogP contribution < -0.4 is 14.2 Å². The van der Waals surface area contributed by atoms with Crippen LogP contribution in [0.1, 0.15) is 116 Å². The number of rotatable bonds is 21. The molecule has 0 amide bonds. The molecule has 0 heterocycles. The lowest BCUT2D eigenvalue weighted by atomic mass is 10.0. The molecule has 0 N–H and O–H groups in total. The highest BCUT2D eigenvalue weighted by atomic mass is 35.5. The Kier molecular flexibility index (Phi) is 17.1. The number of hydrogen-bond donors (Lipinski definition) is 0. The highest BCUT2D eigenvalue weighted by molar-refractivity contribution is 6.32. The molecule has 0 aliphatic heterocycles. The minimum absolute atomic E-state index is 0.181. The zero-order chi connectivity index (χ0) is 38.7. The fourth-order valence-corrected chi connectivity index (χ4v) is 5.64. The number of esters is 4. The van der Waals surface area contributed by atoms with Crippen molar-refractivity contribution in [2.45, 2.75) is 91.1 Å². The fourth-order valence-electron chi connectivity index (χ4n) is 5.41. The van der Waals surface area contributed by atoms with E-state index in [-0.39, 0.29) is 29.2 Å². The molecule has 0 aliphatic carbocycles. The number of unbranched alkanes of at least 4 members (excludes halogenated alkanes) is 8. The summed E-state index contributed by atoms with van der Waals surface area (Å²) in [4.78, 5) is 50.2. The lowest BCUT2D eigenvalue weighted by Crippen LogP contribution is -2.26. The van der Waals surface area contributed by atoms with E-state index >= 15 is 0 Å². The summed E-state index contributed by atoms with van der Waals surface area (Å²) in [7, 11) is 0. The van der Waals surface area contributed by atoms with E-state index in [2.05, 4.69) is 13.8 Å². The molecular weight excluding hydrogens is 708 g/mol. The summed E-state index contributed by atoms with van der Waals surface area (Å²) in [5.41, 5.74) is 2.53. The van der Waals surface area contributed by atoms with Crippen molar-refractivity contribution < 1.29 is 42.9 Å². The van der Waals surface area contributed by atoms with Gasteiger partial charge in [0.25, 0.3) is 0 Å². The lowest BCUT2D eigenvalue weighted by Gasteiger charge is -2.13. The van der Waals surface area contributed by atoms with Crippen LogP contribution in [0.2, 0.25) is 5.02 Å². The van der Waals surface area contributed by atoms with Gasteiger partial charge in [0.15, 0.2) is 6.10 Å². The quantitative estimate of drug-likeness (QED) is 0.0465. The first-order chi connectivity index (χ1) is 26.2. The second-order valence-electron chi connectivity index (χ2n) is 12.9. The van der Waals surface area contributed by atoms with Crippen LogP contribution >= 0.6 is 11.6 Å².